The number of hydrogen-bond donors (Lipinski definition) is 2. The fourth-order valence-corrected chi connectivity index (χ4v) is 4.82. The quantitative estimate of drug-likeness (QED) is 0.561. The second kappa shape index (κ2) is 5.94. The Morgan fingerprint density at radius 2 is 1.79 bits per heavy atom. The van der Waals surface area contributed by atoms with Gasteiger partial charge in [-0.1, -0.05) is 0 Å². The molecule has 3 atom stereocenters. The lowest BCUT2D eigenvalue weighted by molar-refractivity contribution is -0.136. The van der Waals surface area contributed by atoms with Crippen LogP contribution < -0.4 is 15.5 Å². The lowest BCUT2D eigenvalue weighted by Gasteiger charge is -2.32. The Balaban J connectivity index is 1.58. The van der Waals surface area contributed by atoms with Gasteiger partial charge in [-0.25, -0.2) is 13.2 Å². The summed E-state index contributed by atoms with van der Waals surface area (Å²) in [6.07, 6.45) is 0.888. The summed E-state index contributed by atoms with van der Waals surface area (Å²) in [5, 5.41) is 5.40. The molecule has 148 valence electrons. The van der Waals surface area contributed by atoms with Gasteiger partial charge in [-0.2, -0.15) is 0 Å². The molecule has 0 aliphatic carbocycles. The lowest BCUT2D eigenvalue weighted by Crippen LogP contribution is -2.52. The number of piperidine rings is 1. The fraction of sp³-hybridized carbons (Fsp3) is 0.500. The Morgan fingerprint density at radius 3 is 2.43 bits per heavy atom. The molecule has 2 bridgehead atoms. The Morgan fingerprint density at radius 1 is 1.00 bits per heavy atom. The molecule has 1 aromatic rings. The third kappa shape index (κ3) is 2.30. The molecule has 0 spiro atoms. The number of carbonyl (C=O) groups is 3. The van der Waals surface area contributed by atoms with E-state index in [2.05, 4.69) is 10.6 Å². The molecule has 4 heterocycles. The van der Waals surface area contributed by atoms with Crippen LogP contribution in [-0.4, -0.2) is 53.8 Å². The molecule has 2 N–H and O–H groups in total. The van der Waals surface area contributed by atoms with Gasteiger partial charge in [0.05, 0.1) is 11.3 Å². The zero-order valence-electron chi connectivity index (χ0n) is 14.7. The molecule has 0 radical (unpaired) electrons. The van der Waals surface area contributed by atoms with Crippen LogP contribution in [0, 0.1) is 17.5 Å². The first-order valence-electron chi connectivity index (χ1n) is 9.20. The molecular formula is C18H17F3N4O3. The van der Waals surface area contributed by atoms with Gasteiger partial charge >= 0.3 is 0 Å². The van der Waals surface area contributed by atoms with E-state index in [1.54, 1.807) is 4.90 Å². The molecule has 0 aromatic heterocycles. The van der Waals surface area contributed by atoms with Crippen molar-refractivity contribution >= 4 is 23.4 Å². The van der Waals surface area contributed by atoms with Crippen molar-refractivity contribution in [2.75, 3.05) is 18.0 Å². The van der Waals surface area contributed by atoms with Gasteiger partial charge < -0.3 is 15.1 Å². The molecule has 28 heavy (non-hydrogen) atoms. The molecule has 1 aromatic carbocycles. The first-order chi connectivity index (χ1) is 13.4. The summed E-state index contributed by atoms with van der Waals surface area (Å²) in [5.74, 6) is -6.48. The van der Waals surface area contributed by atoms with Crippen molar-refractivity contribution in [2.45, 2.75) is 43.9 Å². The normalized spacial score (nSPS) is 29.0. The number of fused-ring (bicyclic) bond motifs is 3. The summed E-state index contributed by atoms with van der Waals surface area (Å²) in [6.45, 7) is 0.833. The Hall–Kier alpha value is -2.62. The van der Waals surface area contributed by atoms with Crippen LogP contribution in [0.1, 0.15) is 35.2 Å². The third-order valence-corrected chi connectivity index (χ3v) is 6.13. The van der Waals surface area contributed by atoms with Crippen LogP contribution in [0.15, 0.2) is 0 Å². The third-order valence-electron chi connectivity index (χ3n) is 6.13. The van der Waals surface area contributed by atoms with Gasteiger partial charge in [0.25, 0.3) is 5.91 Å². The van der Waals surface area contributed by atoms with E-state index in [0.29, 0.717) is 13.1 Å². The number of hydrogen-bond acceptors (Lipinski definition) is 5. The Bertz CT molecular complexity index is 937. The summed E-state index contributed by atoms with van der Waals surface area (Å²) in [6, 6.07) is -0.905. The van der Waals surface area contributed by atoms with E-state index in [9.17, 15) is 27.6 Å². The maximum absolute atomic E-state index is 14.8. The maximum atomic E-state index is 14.8. The number of nitrogens with zero attached hydrogens (tertiary/aromatic N) is 2. The molecule has 3 saturated heterocycles. The molecule has 5 rings (SSSR count). The zero-order chi connectivity index (χ0) is 19.7. The van der Waals surface area contributed by atoms with Crippen LogP contribution in [0.4, 0.5) is 18.9 Å². The van der Waals surface area contributed by atoms with Crippen LogP contribution in [0.3, 0.4) is 0 Å². The second-order valence-electron chi connectivity index (χ2n) is 7.69. The van der Waals surface area contributed by atoms with Gasteiger partial charge in [0.15, 0.2) is 17.5 Å². The molecule has 0 saturated carbocycles. The number of halogens is 3. The van der Waals surface area contributed by atoms with E-state index in [0.717, 1.165) is 11.3 Å². The number of piperazine rings is 1. The predicted octanol–water partition coefficient (Wildman–Crippen LogP) is 0.415. The Kier molecular flexibility index (Phi) is 3.71. The first-order valence-corrected chi connectivity index (χ1v) is 9.20. The van der Waals surface area contributed by atoms with Crippen molar-refractivity contribution in [3.63, 3.8) is 0 Å². The van der Waals surface area contributed by atoms with Crippen molar-refractivity contribution in [2.24, 2.45) is 0 Å². The predicted molar refractivity (Wildman–Crippen MR) is 89.9 cm³/mol. The van der Waals surface area contributed by atoms with Crippen LogP contribution in [0.5, 0.6) is 0 Å². The van der Waals surface area contributed by atoms with Crippen LogP contribution in [0.25, 0.3) is 0 Å². The standard InChI is InChI=1S/C18H17F3N4O3/c19-13-12-9(6-25(18(12)28)10-1-2-11(26)23-17(10)27)16(15(21)14(13)20)24-5-7-3-8(24)4-22-7/h7-8,10,22H,1-6H2,(H,23,26,27). The maximum Gasteiger partial charge on any atom is 0.258 e. The summed E-state index contributed by atoms with van der Waals surface area (Å²) in [5.41, 5.74) is -0.543. The van der Waals surface area contributed by atoms with Crippen molar-refractivity contribution in [1.82, 2.24) is 15.5 Å². The first kappa shape index (κ1) is 17.5. The number of carbonyl (C=O) groups excluding carboxylic acids is 3. The summed E-state index contributed by atoms with van der Waals surface area (Å²) in [4.78, 5) is 39.2. The second-order valence-corrected chi connectivity index (χ2v) is 7.69. The molecular weight excluding hydrogens is 377 g/mol. The number of nitrogens with one attached hydrogen (secondary N) is 2. The van der Waals surface area contributed by atoms with Crippen molar-refractivity contribution in [3.05, 3.63) is 28.6 Å². The number of anilines is 1. The topological polar surface area (TPSA) is 81.8 Å². The largest absolute Gasteiger partial charge is 0.363 e. The molecule has 3 fully saturated rings. The summed E-state index contributed by atoms with van der Waals surface area (Å²) in [7, 11) is 0. The minimum Gasteiger partial charge on any atom is -0.363 e. The highest BCUT2D eigenvalue weighted by Gasteiger charge is 2.47. The SMILES string of the molecule is O=C1CCC(N2Cc3c(c(F)c(F)c(F)c3N3CC4CC3CN4)C2=O)C(=O)N1. The van der Waals surface area contributed by atoms with E-state index in [-0.39, 0.29) is 42.7 Å². The smallest absolute Gasteiger partial charge is 0.258 e. The number of rotatable bonds is 2. The van der Waals surface area contributed by atoms with E-state index >= 15 is 0 Å². The van der Waals surface area contributed by atoms with E-state index in [4.69, 9.17) is 0 Å². The van der Waals surface area contributed by atoms with Gasteiger partial charge in [-0.3, -0.25) is 19.7 Å². The fourth-order valence-electron chi connectivity index (χ4n) is 4.82. The average molecular weight is 394 g/mol. The van der Waals surface area contributed by atoms with Gasteiger partial charge in [0.1, 0.15) is 6.04 Å². The van der Waals surface area contributed by atoms with Gasteiger partial charge in [-0.15, -0.1) is 0 Å². The van der Waals surface area contributed by atoms with E-state index in [1.165, 1.54) is 0 Å². The molecule has 7 nitrogen and oxygen atoms in total. The van der Waals surface area contributed by atoms with Crippen LogP contribution in [-0.2, 0) is 16.1 Å². The minimum absolute atomic E-state index is 0.0378. The molecule has 10 heteroatoms. The number of amides is 3. The molecule has 4 aliphatic heterocycles. The van der Waals surface area contributed by atoms with Crippen LogP contribution >= 0.6 is 0 Å². The number of imide groups is 1. The average Bonchev–Trinajstić information content (AvgIpc) is 3.35. The monoisotopic (exact) mass is 394 g/mol. The van der Waals surface area contributed by atoms with Gasteiger partial charge in [0.2, 0.25) is 11.8 Å². The van der Waals surface area contributed by atoms with E-state index < -0.39 is 46.8 Å². The van der Waals surface area contributed by atoms with Crippen molar-refractivity contribution in [1.29, 1.82) is 0 Å². The lowest BCUT2D eigenvalue weighted by atomic mass is 10.0. The summed E-state index contributed by atoms with van der Waals surface area (Å²) < 4.78 is 43.6. The zero-order valence-corrected chi connectivity index (χ0v) is 14.7. The molecule has 3 amide bonds. The summed E-state index contributed by atoms with van der Waals surface area (Å²) >= 11 is 0. The van der Waals surface area contributed by atoms with Crippen molar-refractivity contribution in [3.8, 4) is 0 Å². The highest BCUT2D eigenvalue weighted by atomic mass is 19.2. The highest BCUT2D eigenvalue weighted by molar-refractivity contribution is 6.06. The van der Waals surface area contributed by atoms with Crippen molar-refractivity contribution < 1.29 is 27.6 Å². The minimum atomic E-state index is -1.68. The highest BCUT2D eigenvalue weighted by Crippen LogP contribution is 2.42. The molecule has 3 unspecified atom stereocenters. The molecule has 4 aliphatic rings. The van der Waals surface area contributed by atoms with E-state index in [1.807, 2.05) is 0 Å². The van der Waals surface area contributed by atoms with Crippen LogP contribution in [0.2, 0.25) is 0 Å². The number of benzene rings is 1. The Labute approximate surface area is 157 Å². The van der Waals surface area contributed by atoms with Gasteiger partial charge in [0, 0.05) is 43.7 Å². The van der Waals surface area contributed by atoms with Gasteiger partial charge in [-0.05, 0) is 12.8 Å².